The lowest BCUT2D eigenvalue weighted by Gasteiger charge is -2.25. The van der Waals surface area contributed by atoms with Crippen LogP contribution in [0.15, 0.2) is 83.8 Å². The standard InChI is InChI=1S/C23H22F2N2O3S/c1-26(16-19-7-5-6-10-22(19)25)23(28)17-27(15-18-11-13-20(24)14-12-18)31(29,30)21-8-3-2-4-9-21/h2-14H,15-17H2,1H3. The molecule has 0 aromatic heterocycles. The number of carbonyl (C=O) groups excluding carboxylic acids is 1. The zero-order chi connectivity index (χ0) is 22.4. The molecule has 0 saturated carbocycles. The fraction of sp³-hybridized carbons (Fsp3) is 0.174. The number of carbonyl (C=O) groups is 1. The Hall–Kier alpha value is -3.10. The molecule has 8 heteroatoms. The number of hydrogen-bond donors (Lipinski definition) is 0. The van der Waals surface area contributed by atoms with Crippen LogP contribution in [0.5, 0.6) is 0 Å². The molecule has 1 amide bonds. The molecule has 0 aliphatic heterocycles. The molecule has 3 aromatic rings. The molecule has 0 fully saturated rings. The van der Waals surface area contributed by atoms with Gasteiger partial charge in [0.2, 0.25) is 15.9 Å². The molecule has 0 N–H and O–H groups in total. The number of halogens is 2. The van der Waals surface area contributed by atoms with E-state index < -0.39 is 34.1 Å². The fourth-order valence-electron chi connectivity index (χ4n) is 3.00. The van der Waals surface area contributed by atoms with Crippen LogP contribution in [-0.4, -0.2) is 37.1 Å². The van der Waals surface area contributed by atoms with Gasteiger partial charge in [-0.15, -0.1) is 0 Å². The Labute approximate surface area is 180 Å². The Balaban J connectivity index is 1.84. The van der Waals surface area contributed by atoms with Crippen molar-refractivity contribution < 1.29 is 22.0 Å². The Morgan fingerprint density at radius 3 is 2.10 bits per heavy atom. The SMILES string of the molecule is CN(Cc1ccccc1F)C(=O)CN(Cc1ccc(F)cc1)S(=O)(=O)c1ccccc1. The summed E-state index contributed by atoms with van der Waals surface area (Å²) >= 11 is 0. The predicted molar refractivity (Wildman–Crippen MR) is 113 cm³/mol. The lowest BCUT2D eigenvalue weighted by Crippen LogP contribution is -2.41. The number of sulfonamides is 1. The molecular weight excluding hydrogens is 422 g/mol. The highest BCUT2D eigenvalue weighted by atomic mass is 32.2. The van der Waals surface area contributed by atoms with Crippen LogP contribution in [0.2, 0.25) is 0 Å². The Kier molecular flexibility index (Phi) is 7.14. The van der Waals surface area contributed by atoms with Gasteiger partial charge in [-0.1, -0.05) is 48.5 Å². The van der Waals surface area contributed by atoms with Gasteiger partial charge in [-0.2, -0.15) is 4.31 Å². The van der Waals surface area contributed by atoms with Crippen LogP contribution in [0.3, 0.4) is 0 Å². The number of likely N-dealkylation sites (N-methyl/N-ethyl adjacent to an activating group) is 1. The van der Waals surface area contributed by atoms with E-state index in [1.54, 1.807) is 36.4 Å². The Bertz CT molecular complexity index is 1140. The van der Waals surface area contributed by atoms with Crippen LogP contribution in [0, 0.1) is 11.6 Å². The van der Waals surface area contributed by atoms with E-state index in [-0.39, 0.29) is 18.0 Å². The van der Waals surface area contributed by atoms with E-state index in [9.17, 15) is 22.0 Å². The molecule has 0 saturated heterocycles. The molecule has 5 nitrogen and oxygen atoms in total. The summed E-state index contributed by atoms with van der Waals surface area (Å²) in [4.78, 5) is 14.1. The predicted octanol–water partition coefficient (Wildman–Crippen LogP) is 3.81. The van der Waals surface area contributed by atoms with Crippen molar-refractivity contribution in [2.45, 2.75) is 18.0 Å². The Morgan fingerprint density at radius 2 is 1.45 bits per heavy atom. The van der Waals surface area contributed by atoms with Crippen molar-refractivity contribution in [1.82, 2.24) is 9.21 Å². The van der Waals surface area contributed by atoms with Gasteiger partial charge in [-0.25, -0.2) is 17.2 Å². The molecule has 3 rings (SSSR count). The van der Waals surface area contributed by atoms with Crippen molar-refractivity contribution in [1.29, 1.82) is 0 Å². The minimum atomic E-state index is -4.00. The van der Waals surface area contributed by atoms with Crippen molar-refractivity contribution in [3.63, 3.8) is 0 Å². The van der Waals surface area contributed by atoms with Crippen molar-refractivity contribution in [3.8, 4) is 0 Å². The molecular formula is C23H22F2N2O3S. The third kappa shape index (κ3) is 5.74. The van der Waals surface area contributed by atoms with Gasteiger partial charge in [0, 0.05) is 25.7 Å². The fourth-order valence-corrected chi connectivity index (χ4v) is 4.40. The highest BCUT2D eigenvalue weighted by Crippen LogP contribution is 2.19. The van der Waals surface area contributed by atoms with E-state index in [1.807, 2.05) is 0 Å². The van der Waals surface area contributed by atoms with Gasteiger partial charge in [0.15, 0.2) is 0 Å². The second-order valence-corrected chi connectivity index (χ2v) is 8.99. The second kappa shape index (κ2) is 9.80. The number of nitrogens with zero attached hydrogens (tertiary/aromatic N) is 2. The first-order valence-corrected chi connectivity index (χ1v) is 11.0. The lowest BCUT2D eigenvalue weighted by molar-refractivity contribution is -0.130. The molecule has 0 unspecified atom stereocenters. The van der Waals surface area contributed by atoms with Crippen molar-refractivity contribution in [2.24, 2.45) is 0 Å². The second-order valence-electron chi connectivity index (χ2n) is 7.05. The maximum Gasteiger partial charge on any atom is 0.243 e. The largest absolute Gasteiger partial charge is 0.340 e. The van der Waals surface area contributed by atoms with Gasteiger partial charge >= 0.3 is 0 Å². The van der Waals surface area contributed by atoms with Crippen molar-refractivity contribution >= 4 is 15.9 Å². The molecule has 162 valence electrons. The highest BCUT2D eigenvalue weighted by molar-refractivity contribution is 7.89. The molecule has 0 atom stereocenters. The Morgan fingerprint density at radius 1 is 0.839 bits per heavy atom. The molecule has 0 aliphatic rings. The summed E-state index contributed by atoms with van der Waals surface area (Å²) in [6, 6.07) is 19.2. The quantitative estimate of drug-likeness (QED) is 0.531. The minimum absolute atomic E-state index is 0.00127. The maximum absolute atomic E-state index is 13.9. The van der Waals surface area contributed by atoms with E-state index in [4.69, 9.17) is 0 Å². The van der Waals surface area contributed by atoms with E-state index in [0.717, 1.165) is 4.31 Å². The molecule has 0 bridgehead atoms. The van der Waals surface area contributed by atoms with Gasteiger partial charge in [0.05, 0.1) is 11.4 Å². The average molecular weight is 445 g/mol. The van der Waals surface area contributed by atoms with Gasteiger partial charge in [-0.05, 0) is 35.9 Å². The number of amides is 1. The number of hydrogen-bond acceptors (Lipinski definition) is 3. The van der Waals surface area contributed by atoms with Crippen LogP contribution in [0.1, 0.15) is 11.1 Å². The summed E-state index contributed by atoms with van der Waals surface area (Å²) in [7, 11) is -2.51. The molecule has 0 heterocycles. The van der Waals surface area contributed by atoms with Gasteiger partial charge in [-0.3, -0.25) is 4.79 Å². The summed E-state index contributed by atoms with van der Waals surface area (Å²) in [6.45, 7) is -0.558. The lowest BCUT2D eigenvalue weighted by atomic mass is 10.2. The first kappa shape index (κ1) is 22.6. The third-order valence-electron chi connectivity index (χ3n) is 4.76. The highest BCUT2D eigenvalue weighted by Gasteiger charge is 2.28. The van der Waals surface area contributed by atoms with Crippen molar-refractivity contribution in [2.75, 3.05) is 13.6 Å². The molecule has 0 spiro atoms. The van der Waals surface area contributed by atoms with E-state index in [0.29, 0.717) is 11.1 Å². The first-order valence-electron chi connectivity index (χ1n) is 9.54. The van der Waals surface area contributed by atoms with E-state index >= 15 is 0 Å². The minimum Gasteiger partial charge on any atom is -0.340 e. The molecule has 31 heavy (non-hydrogen) atoms. The van der Waals surface area contributed by atoms with Gasteiger partial charge in [0.1, 0.15) is 11.6 Å². The van der Waals surface area contributed by atoms with Gasteiger partial charge in [0.25, 0.3) is 0 Å². The molecule has 0 radical (unpaired) electrons. The summed E-state index contributed by atoms with van der Waals surface area (Å²) < 4.78 is 54.6. The zero-order valence-electron chi connectivity index (χ0n) is 16.9. The third-order valence-corrected chi connectivity index (χ3v) is 6.56. The summed E-state index contributed by atoms with van der Waals surface area (Å²) in [6.07, 6.45) is 0. The maximum atomic E-state index is 13.9. The van der Waals surface area contributed by atoms with E-state index in [1.165, 1.54) is 54.4 Å². The topological polar surface area (TPSA) is 57.7 Å². The smallest absolute Gasteiger partial charge is 0.243 e. The van der Waals surface area contributed by atoms with Crippen LogP contribution >= 0.6 is 0 Å². The monoisotopic (exact) mass is 444 g/mol. The summed E-state index contributed by atoms with van der Waals surface area (Å²) in [5.41, 5.74) is 0.861. The zero-order valence-corrected chi connectivity index (χ0v) is 17.7. The number of rotatable bonds is 8. The molecule has 0 aliphatic carbocycles. The van der Waals surface area contributed by atoms with E-state index in [2.05, 4.69) is 0 Å². The van der Waals surface area contributed by atoms with Crippen molar-refractivity contribution in [3.05, 3.63) is 102 Å². The normalized spacial score (nSPS) is 11.5. The molecule has 3 aromatic carbocycles. The van der Waals surface area contributed by atoms with Crippen LogP contribution in [-0.2, 0) is 27.9 Å². The summed E-state index contributed by atoms with van der Waals surface area (Å²) in [5, 5.41) is 0. The number of benzene rings is 3. The van der Waals surface area contributed by atoms with Gasteiger partial charge < -0.3 is 4.90 Å². The van der Waals surface area contributed by atoms with Crippen LogP contribution in [0.25, 0.3) is 0 Å². The summed E-state index contributed by atoms with van der Waals surface area (Å²) in [5.74, 6) is -1.38. The van der Waals surface area contributed by atoms with Crippen LogP contribution < -0.4 is 0 Å². The first-order chi connectivity index (χ1) is 14.8. The van der Waals surface area contributed by atoms with Crippen LogP contribution in [0.4, 0.5) is 8.78 Å². The average Bonchev–Trinajstić information content (AvgIpc) is 2.76.